The van der Waals surface area contributed by atoms with E-state index in [4.69, 9.17) is 4.74 Å². The smallest absolute Gasteiger partial charge is 0.255 e. The molecule has 0 bridgehead atoms. The van der Waals surface area contributed by atoms with Crippen molar-refractivity contribution in [1.82, 2.24) is 0 Å². The molecular weight excluding hydrogens is 292 g/mol. The van der Waals surface area contributed by atoms with Gasteiger partial charge in [0, 0.05) is 23.9 Å². The molecule has 0 saturated carbocycles. The van der Waals surface area contributed by atoms with Crippen molar-refractivity contribution in [3.05, 3.63) is 53.6 Å². The number of fused-ring (bicyclic) bond motifs is 1. The van der Waals surface area contributed by atoms with Gasteiger partial charge in [-0.15, -0.1) is 0 Å². The standard InChI is InChI=1S/C18H18N2O3/c1-12(21)19-15-5-7-16(8-6-15)20-18(22)14-4-9-17-13(11-14)3-2-10-23-17/h4-9,11H,2-3,10H2,1H3,(H,19,21)(H,20,22). The predicted octanol–water partition coefficient (Wildman–Crippen LogP) is 3.22. The molecule has 0 saturated heterocycles. The maximum atomic E-state index is 12.3. The second kappa shape index (κ2) is 6.52. The number of anilines is 2. The number of nitrogens with one attached hydrogen (secondary N) is 2. The number of aryl methyl sites for hydroxylation is 1. The fourth-order valence-electron chi connectivity index (χ4n) is 2.55. The monoisotopic (exact) mass is 310 g/mol. The van der Waals surface area contributed by atoms with Gasteiger partial charge >= 0.3 is 0 Å². The van der Waals surface area contributed by atoms with Crippen LogP contribution in [0.4, 0.5) is 11.4 Å². The third-order valence-corrected chi connectivity index (χ3v) is 3.63. The lowest BCUT2D eigenvalue weighted by Crippen LogP contribution is -2.14. The lowest BCUT2D eigenvalue weighted by Gasteiger charge is -2.17. The van der Waals surface area contributed by atoms with Crippen LogP contribution in [0.5, 0.6) is 5.75 Å². The van der Waals surface area contributed by atoms with Gasteiger partial charge in [-0.3, -0.25) is 9.59 Å². The highest BCUT2D eigenvalue weighted by atomic mass is 16.5. The Morgan fingerprint density at radius 1 is 1.00 bits per heavy atom. The summed E-state index contributed by atoms with van der Waals surface area (Å²) >= 11 is 0. The van der Waals surface area contributed by atoms with Crippen LogP contribution >= 0.6 is 0 Å². The highest BCUT2D eigenvalue weighted by molar-refractivity contribution is 6.04. The number of carbonyl (C=O) groups is 2. The molecule has 0 spiro atoms. The van der Waals surface area contributed by atoms with Crippen LogP contribution in [0.2, 0.25) is 0 Å². The SMILES string of the molecule is CC(=O)Nc1ccc(NC(=O)c2ccc3c(c2)CCCO3)cc1. The normalized spacial score (nSPS) is 12.7. The van der Waals surface area contributed by atoms with Gasteiger partial charge in [0.2, 0.25) is 5.91 Å². The Morgan fingerprint density at radius 2 is 1.70 bits per heavy atom. The lowest BCUT2D eigenvalue weighted by atomic mass is 10.0. The van der Waals surface area contributed by atoms with Gasteiger partial charge in [0.25, 0.3) is 5.91 Å². The van der Waals surface area contributed by atoms with Gasteiger partial charge in [-0.1, -0.05) is 0 Å². The number of rotatable bonds is 3. The number of hydrogen-bond donors (Lipinski definition) is 2. The van der Waals surface area contributed by atoms with Crippen LogP contribution in [0.1, 0.15) is 29.3 Å². The molecule has 0 fully saturated rings. The largest absolute Gasteiger partial charge is 0.493 e. The number of ether oxygens (including phenoxy) is 1. The summed E-state index contributed by atoms with van der Waals surface area (Å²) in [5.74, 6) is 0.580. The minimum absolute atomic E-state index is 0.127. The molecule has 118 valence electrons. The number of benzene rings is 2. The van der Waals surface area contributed by atoms with Crippen molar-refractivity contribution in [2.45, 2.75) is 19.8 Å². The van der Waals surface area contributed by atoms with Crippen LogP contribution in [-0.4, -0.2) is 18.4 Å². The summed E-state index contributed by atoms with van der Waals surface area (Å²) in [5.41, 5.74) is 3.06. The van der Waals surface area contributed by atoms with Crippen molar-refractivity contribution in [2.24, 2.45) is 0 Å². The van der Waals surface area contributed by atoms with Crippen LogP contribution < -0.4 is 15.4 Å². The second-order valence-corrected chi connectivity index (χ2v) is 5.49. The molecule has 0 aromatic heterocycles. The summed E-state index contributed by atoms with van der Waals surface area (Å²) in [4.78, 5) is 23.3. The predicted molar refractivity (Wildman–Crippen MR) is 89.0 cm³/mol. The molecule has 23 heavy (non-hydrogen) atoms. The third-order valence-electron chi connectivity index (χ3n) is 3.63. The van der Waals surface area contributed by atoms with E-state index < -0.39 is 0 Å². The molecule has 5 heteroatoms. The van der Waals surface area contributed by atoms with Gasteiger partial charge in [0.15, 0.2) is 0 Å². The first-order valence-corrected chi connectivity index (χ1v) is 7.56. The highest BCUT2D eigenvalue weighted by Gasteiger charge is 2.14. The molecule has 0 atom stereocenters. The molecule has 2 aromatic carbocycles. The van der Waals surface area contributed by atoms with E-state index in [0.29, 0.717) is 16.9 Å². The maximum Gasteiger partial charge on any atom is 0.255 e. The highest BCUT2D eigenvalue weighted by Crippen LogP contribution is 2.26. The van der Waals surface area contributed by atoms with Gasteiger partial charge in [0.1, 0.15) is 5.75 Å². The molecular formula is C18H18N2O3. The van der Waals surface area contributed by atoms with Crippen LogP contribution in [0.25, 0.3) is 0 Å². The Hall–Kier alpha value is -2.82. The third kappa shape index (κ3) is 3.69. The number of hydrogen-bond acceptors (Lipinski definition) is 3. The van der Waals surface area contributed by atoms with E-state index in [9.17, 15) is 9.59 Å². The van der Waals surface area contributed by atoms with E-state index >= 15 is 0 Å². The second-order valence-electron chi connectivity index (χ2n) is 5.49. The number of amides is 2. The van der Waals surface area contributed by atoms with E-state index in [0.717, 1.165) is 30.8 Å². The molecule has 1 heterocycles. The van der Waals surface area contributed by atoms with Gasteiger partial charge in [-0.25, -0.2) is 0 Å². The molecule has 1 aliphatic heterocycles. The summed E-state index contributed by atoms with van der Waals surface area (Å²) in [6.45, 7) is 2.19. The lowest BCUT2D eigenvalue weighted by molar-refractivity contribution is -0.114. The summed E-state index contributed by atoms with van der Waals surface area (Å²) in [6, 6.07) is 12.5. The van der Waals surface area contributed by atoms with Gasteiger partial charge in [-0.05, 0) is 60.9 Å². The average Bonchev–Trinajstić information content (AvgIpc) is 2.55. The van der Waals surface area contributed by atoms with Crippen molar-refractivity contribution < 1.29 is 14.3 Å². The van der Waals surface area contributed by atoms with Crippen molar-refractivity contribution in [1.29, 1.82) is 0 Å². The quantitative estimate of drug-likeness (QED) is 0.914. The van der Waals surface area contributed by atoms with Crippen molar-refractivity contribution in [3.63, 3.8) is 0 Å². The Bertz CT molecular complexity index is 738. The van der Waals surface area contributed by atoms with Gasteiger partial charge < -0.3 is 15.4 Å². The Kier molecular flexibility index (Phi) is 4.28. The Balaban J connectivity index is 1.70. The molecule has 2 amide bonds. The molecule has 3 rings (SSSR count). The van der Waals surface area contributed by atoms with Crippen molar-refractivity contribution in [3.8, 4) is 5.75 Å². The van der Waals surface area contributed by atoms with Crippen LogP contribution in [-0.2, 0) is 11.2 Å². The molecule has 0 unspecified atom stereocenters. The van der Waals surface area contributed by atoms with Gasteiger partial charge in [0.05, 0.1) is 6.61 Å². The van der Waals surface area contributed by atoms with Crippen molar-refractivity contribution >= 4 is 23.2 Å². The number of carbonyl (C=O) groups excluding carboxylic acids is 2. The zero-order chi connectivity index (χ0) is 16.2. The Morgan fingerprint density at radius 3 is 2.39 bits per heavy atom. The summed E-state index contributed by atoms with van der Waals surface area (Å²) in [6.07, 6.45) is 1.91. The summed E-state index contributed by atoms with van der Waals surface area (Å²) in [7, 11) is 0. The minimum Gasteiger partial charge on any atom is -0.493 e. The summed E-state index contributed by atoms with van der Waals surface area (Å²) < 4.78 is 5.56. The first-order valence-electron chi connectivity index (χ1n) is 7.56. The fraction of sp³-hybridized carbons (Fsp3) is 0.222. The van der Waals surface area contributed by atoms with Crippen LogP contribution in [0.3, 0.4) is 0 Å². The Labute approximate surface area is 134 Å². The van der Waals surface area contributed by atoms with E-state index in [1.807, 2.05) is 12.1 Å². The molecule has 2 aromatic rings. The first kappa shape index (κ1) is 15.1. The zero-order valence-corrected chi connectivity index (χ0v) is 12.9. The molecule has 2 N–H and O–H groups in total. The van der Waals surface area contributed by atoms with E-state index in [2.05, 4.69) is 10.6 Å². The molecule has 0 radical (unpaired) electrons. The molecule has 1 aliphatic rings. The van der Waals surface area contributed by atoms with Gasteiger partial charge in [-0.2, -0.15) is 0 Å². The van der Waals surface area contributed by atoms with E-state index in [1.165, 1.54) is 6.92 Å². The molecule has 0 aliphatic carbocycles. The van der Waals surface area contributed by atoms with Crippen LogP contribution in [0.15, 0.2) is 42.5 Å². The van der Waals surface area contributed by atoms with Crippen molar-refractivity contribution in [2.75, 3.05) is 17.2 Å². The average molecular weight is 310 g/mol. The summed E-state index contributed by atoms with van der Waals surface area (Å²) in [5, 5.41) is 5.54. The van der Waals surface area contributed by atoms with Crippen LogP contribution in [0, 0.1) is 0 Å². The maximum absolute atomic E-state index is 12.3. The fourth-order valence-corrected chi connectivity index (χ4v) is 2.55. The topological polar surface area (TPSA) is 67.4 Å². The minimum atomic E-state index is -0.161. The first-order chi connectivity index (χ1) is 11.1. The van der Waals surface area contributed by atoms with E-state index in [1.54, 1.807) is 30.3 Å². The zero-order valence-electron chi connectivity index (χ0n) is 12.9. The molecule has 5 nitrogen and oxygen atoms in total. The van der Waals surface area contributed by atoms with E-state index in [-0.39, 0.29) is 11.8 Å².